The highest BCUT2D eigenvalue weighted by Gasteiger charge is 2.38. The van der Waals surface area contributed by atoms with Crippen molar-refractivity contribution in [3.8, 4) is 11.5 Å². The summed E-state index contributed by atoms with van der Waals surface area (Å²) in [5.74, 6) is 1.54. The second-order valence-corrected chi connectivity index (χ2v) is 5.05. The Morgan fingerprint density at radius 3 is 2.35 bits per heavy atom. The lowest BCUT2D eigenvalue weighted by Crippen LogP contribution is -2.33. The minimum Gasteiger partial charge on any atom is -0.497 e. The van der Waals surface area contributed by atoms with E-state index in [9.17, 15) is 4.79 Å². The maximum Gasteiger partial charge on any atom is 0.224 e. The molecule has 0 bridgehead atoms. The number of likely N-dealkylation sites (tertiary alicyclic amines) is 1. The normalized spacial score (nSPS) is 22.2. The number of benzene rings is 1. The van der Waals surface area contributed by atoms with E-state index in [1.807, 2.05) is 23.1 Å². The van der Waals surface area contributed by atoms with Gasteiger partial charge in [-0.25, -0.2) is 0 Å². The molecule has 2 atom stereocenters. The van der Waals surface area contributed by atoms with Gasteiger partial charge >= 0.3 is 0 Å². The van der Waals surface area contributed by atoms with Crippen molar-refractivity contribution in [1.29, 1.82) is 0 Å². The Hall–Kier alpha value is -1.75. The monoisotopic (exact) mass is 278 g/mol. The average Bonchev–Trinajstić information content (AvgIpc) is 2.73. The van der Waals surface area contributed by atoms with Crippen LogP contribution in [0.25, 0.3) is 0 Å². The smallest absolute Gasteiger partial charge is 0.224 e. The lowest BCUT2D eigenvalue weighted by atomic mass is 10.00. The first kappa shape index (κ1) is 14.7. The molecule has 1 aliphatic rings. The molecule has 1 aromatic rings. The van der Waals surface area contributed by atoms with Crippen molar-refractivity contribution in [2.24, 2.45) is 5.73 Å². The Balaban J connectivity index is 2.39. The van der Waals surface area contributed by atoms with Crippen LogP contribution in [0.15, 0.2) is 18.2 Å². The molecule has 1 heterocycles. The van der Waals surface area contributed by atoms with E-state index < -0.39 is 0 Å². The summed E-state index contributed by atoms with van der Waals surface area (Å²) in [7, 11) is 3.23. The predicted molar refractivity (Wildman–Crippen MR) is 76.9 cm³/mol. The first-order valence-corrected chi connectivity index (χ1v) is 6.88. The van der Waals surface area contributed by atoms with E-state index in [1.165, 1.54) is 0 Å². The van der Waals surface area contributed by atoms with Gasteiger partial charge in [0.25, 0.3) is 0 Å². The number of nitrogens with zero attached hydrogens (tertiary/aromatic N) is 1. The Bertz CT molecular complexity index is 468. The van der Waals surface area contributed by atoms with E-state index in [0.29, 0.717) is 17.9 Å². The Morgan fingerprint density at radius 1 is 1.25 bits per heavy atom. The highest BCUT2D eigenvalue weighted by Crippen LogP contribution is 2.36. The number of methoxy groups -OCH3 is 2. The van der Waals surface area contributed by atoms with Gasteiger partial charge < -0.3 is 20.1 Å². The van der Waals surface area contributed by atoms with Crippen molar-refractivity contribution in [3.63, 3.8) is 0 Å². The van der Waals surface area contributed by atoms with Crippen molar-refractivity contribution >= 4 is 5.91 Å². The molecule has 20 heavy (non-hydrogen) atoms. The zero-order chi connectivity index (χ0) is 14.7. The quantitative estimate of drug-likeness (QED) is 0.890. The fourth-order valence-electron chi connectivity index (χ4n) is 2.75. The second-order valence-electron chi connectivity index (χ2n) is 5.05. The first-order chi connectivity index (χ1) is 9.60. The summed E-state index contributed by atoms with van der Waals surface area (Å²) in [5, 5.41) is 0. The second kappa shape index (κ2) is 6.13. The van der Waals surface area contributed by atoms with E-state index in [1.54, 1.807) is 14.2 Å². The van der Waals surface area contributed by atoms with Crippen LogP contribution in [0.1, 0.15) is 31.4 Å². The number of ether oxygens (including phenoxy) is 2. The molecule has 1 aromatic carbocycles. The summed E-state index contributed by atoms with van der Waals surface area (Å²) in [4.78, 5) is 13.9. The SMILES string of the molecule is CCCN1C(=O)CC(N)C1c1cc(OC)cc(OC)c1. The zero-order valence-electron chi connectivity index (χ0n) is 12.3. The summed E-state index contributed by atoms with van der Waals surface area (Å²) in [6.07, 6.45) is 1.31. The number of hydrogen-bond acceptors (Lipinski definition) is 4. The lowest BCUT2D eigenvalue weighted by Gasteiger charge is -2.27. The van der Waals surface area contributed by atoms with E-state index in [-0.39, 0.29) is 18.0 Å². The van der Waals surface area contributed by atoms with Crippen molar-refractivity contribution in [2.45, 2.75) is 31.8 Å². The van der Waals surface area contributed by atoms with Crippen LogP contribution < -0.4 is 15.2 Å². The van der Waals surface area contributed by atoms with Gasteiger partial charge in [0.15, 0.2) is 0 Å². The van der Waals surface area contributed by atoms with E-state index >= 15 is 0 Å². The van der Waals surface area contributed by atoms with Crippen LogP contribution in [0.3, 0.4) is 0 Å². The molecule has 0 aliphatic carbocycles. The molecule has 1 saturated heterocycles. The van der Waals surface area contributed by atoms with Crippen molar-refractivity contribution in [1.82, 2.24) is 4.90 Å². The summed E-state index contributed by atoms with van der Waals surface area (Å²) < 4.78 is 10.6. The molecule has 5 heteroatoms. The third-order valence-corrected chi connectivity index (χ3v) is 3.65. The van der Waals surface area contributed by atoms with E-state index in [0.717, 1.165) is 18.5 Å². The molecule has 0 radical (unpaired) electrons. The fourth-order valence-corrected chi connectivity index (χ4v) is 2.75. The highest BCUT2D eigenvalue weighted by molar-refractivity contribution is 5.80. The van der Waals surface area contributed by atoms with Crippen molar-refractivity contribution < 1.29 is 14.3 Å². The molecule has 0 aromatic heterocycles. The van der Waals surface area contributed by atoms with Crippen LogP contribution in [0.2, 0.25) is 0 Å². The third kappa shape index (κ3) is 2.72. The predicted octanol–water partition coefficient (Wildman–Crippen LogP) is 1.71. The molecule has 1 fully saturated rings. The highest BCUT2D eigenvalue weighted by atomic mass is 16.5. The van der Waals surface area contributed by atoms with Gasteiger partial charge in [0, 0.05) is 25.1 Å². The maximum atomic E-state index is 12.1. The van der Waals surface area contributed by atoms with Crippen LogP contribution in [-0.4, -0.2) is 37.6 Å². The topological polar surface area (TPSA) is 64.8 Å². The van der Waals surface area contributed by atoms with Gasteiger partial charge in [0.1, 0.15) is 11.5 Å². The fraction of sp³-hybridized carbons (Fsp3) is 0.533. The first-order valence-electron chi connectivity index (χ1n) is 6.88. The van der Waals surface area contributed by atoms with Gasteiger partial charge in [-0.3, -0.25) is 4.79 Å². The Morgan fingerprint density at radius 2 is 1.85 bits per heavy atom. The summed E-state index contributed by atoms with van der Waals surface area (Å²) >= 11 is 0. The third-order valence-electron chi connectivity index (χ3n) is 3.65. The molecule has 5 nitrogen and oxygen atoms in total. The molecule has 1 amide bonds. The summed E-state index contributed by atoms with van der Waals surface area (Å²) in [6, 6.07) is 5.37. The zero-order valence-corrected chi connectivity index (χ0v) is 12.3. The van der Waals surface area contributed by atoms with Crippen LogP contribution in [0, 0.1) is 0 Å². The van der Waals surface area contributed by atoms with Crippen LogP contribution in [0.4, 0.5) is 0 Å². The van der Waals surface area contributed by atoms with Crippen LogP contribution in [0.5, 0.6) is 11.5 Å². The molecule has 1 aliphatic heterocycles. The van der Waals surface area contributed by atoms with Gasteiger partial charge in [-0.1, -0.05) is 6.92 Å². The van der Waals surface area contributed by atoms with Crippen molar-refractivity contribution in [3.05, 3.63) is 23.8 Å². The standard InChI is InChI=1S/C15H22N2O3/c1-4-5-17-14(18)9-13(16)15(17)10-6-11(19-2)8-12(7-10)20-3/h6-8,13,15H,4-5,9,16H2,1-3H3. The summed E-state index contributed by atoms with van der Waals surface area (Å²) in [5.41, 5.74) is 7.13. The molecular formula is C15H22N2O3. The van der Waals surface area contributed by atoms with Gasteiger partial charge in [-0.05, 0) is 24.1 Å². The summed E-state index contributed by atoms with van der Waals surface area (Å²) in [6.45, 7) is 2.77. The van der Waals surface area contributed by atoms with Gasteiger partial charge in [-0.15, -0.1) is 0 Å². The molecule has 110 valence electrons. The van der Waals surface area contributed by atoms with Crippen LogP contribution in [-0.2, 0) is 4.79 Å². The number of rotatable bonds is 5. The van der Waals surface area contributed by atoms with Gasteiger partial charge in [-0.2, -0.15) is 0 Å². The molecule has 0 spiro atoms. The average molecular weight is 278 g/mol. The van der Waals surface area contributed by atoms with Gasteiger partial charge in [0.05, 0.1) is 20.3 Å². The van der Waals surface area contributed by atoms with Crippen LogP contribution >= 0.6 is 0 Å². The number of carbonyl (C=O) groups excluding carboxylic acids is 1. The number of amides is 1. The van der Waals surface area contributed by atoms with Gasteiger partial charge in [0.2, 0.25) is 5.91 Å². The minimum absolute atomic E-state index is 0.105. The number of nitrogens with two attached hydrogens (primary N) is 1. The number of hydrogen-bond donors (Lipinski definition) is 1. The Labute approximate surface area is 119 Å². The largest absolute Gasteiger partial charge is 0.497 e. The van der Waals surface area contributed by atoms with E-state index in [2.05, 4.69) is 6.92 Å². The molecule has 2 N–H and O–H groups in total. The van der Waals surface area contributed by atoms with Crippen molar-refractivity contribution in [2.75, 3.05) is 20.8 Å². The molecule has 2 unspecified atom stereocenters. The molecule has 0 saturated carbocycles. The maximum absolute atomic E-state index is 12.1. The Kier molecular flexibility index (Phi) is 4.49. The van der Waals surface area contributed by atoms with E-state index in [4.69, 9.17) is 15.2 Å². The number of carbonyl (C=O) groups is 1. The minimum atomic E-state index is -0.189. The lowest BCUT2D eigenvalue weighted by molar-refractivity contribution is -0.129. The molecule has 2 rings (SSSR count). The molecular weight excluding hydrogens is 256 g/mol.